The van der Waals surface area contributed by atoms with Crippen molar-refractivity contribution in [3.63, 3.8) is 0 Å². The maximum atomic E-state index is 12.4. The Morgan fingerprint density at radius 3 is 2.56 bits per heavy atom. The standard InChI is InChI=1S/C13H18N2O3/c1-4-15(8(2)3)13(16)9-5-11-12(6-10(9)14)18-7-17-11/h5-6,8H,4,7,14H2,1-3H3. The third kappa shape index (κ3) is 2.08. The van der Waals surface area contributed by atoms with Gasteiger partial charge in [0.05, 0.1) is 5.56 Å². The Kier molecular flexibility index (Phi) is 3.32. The predicted octanol–water partition coefficient (Wildman–Crippen LogP) is 1.87. The fourth-order valence-corrected chi connectivity index (χ4v) is 2.04. The van der Waals surface area contributed by atoms with Crippen LogP contribution in [0, 0.1) is 0 Å². The van der Waals surface area contributed by atoms with E-state index >= 15 is 0 Å². The van der Waals surface area contributed by atoms with Crippen LogP contribution < -0.4 is 15.2 Å². The molecule has 0 saturated heterocycles. The van der Waals surface area contributed by atoms with Gasteiger partial charge in [-0.2, -0.15) is 0 Å². The molecule has 2 rings (SSSR count). The molecule has 0 aliphatic carbocycles. The number of carbonyl (C=O) groups is 1. The maximum Gasteiger partial charge on any atom is 0.256 e. The van der Waals surface area contributed by atoms with E-state index in [1.54, 1.807) is 17.0 Å². The molecule has 1 aromatic rings. The first-order chi connectivity index (χ1) is 8.54. The number of nitrogen functional groups attached to an aromatic ring is 1. The van der Waals surface area contributed by atoms with Gasteiger partial charge in [-0.1, -0.05) is 0 Å². The zero-order chi connectivity index (χ0) is 13.3. The molecule has 0 saturated carbocycles. The highest BCUT2D eigenvalue weighted by Gasteiger charge is 2.23. The van der Waals surface area contributed by atoms with Crippen LogP contribution in [0.1, 0.15) is 31.1 Å². The van der Waals surface area contributed by atoms with Gasteiger partial charge in [0, 0.05) is 24.3 Å². The molecule has 0 aromatic heterocycles. The lowest BCUT2D eigenvalue weighted by atomic mass is 10.1. The molecule has 18 heavy (non-hydrogen) atoms. The third-order valence-electron chi connectivity index (χ3n) is 3.00. The lowest BCUT2D eigenvalue weighted by molar-refractivity contribution is 0.0717. The minimum absolute atomic E-state index is 0.0803. The number of anilines is 1. The van der Waals surface area contributed by atoms with Gasteiger partial charge in [0.2, 0.25) is 6.79 Å². The first-order valence-corrected chi connectivity index (χ1v) is 6.04. The van der Waals surface area contributed by atoms with Gasteiger partial charge in [0.25, 0.3) is 5.91 Å². The second kappa shape index (κ2) is 4.76. The molecule has 5 nitrogen and oxygen atoms in total. The normalized spacial score (nSPS) is 12.9. The number of nitrogens with two attached hydrogens (primary N) is 1. The highest BCUT2D eigenvalue weighted by Crippen LogP contribution is 2.36. The largest absolute Gasteiger partial charge is 0.454 e. The molecular weight excluding hydrogens is 232 g/mol. The highest BCUT2D eigenvalue weighted by molar-refractivity contribution is 6.00. The van der Waals surface area contributed by atoms with Crippen molar-refractivity contribution in [1.82, 2.24) is 4.90 Å². The van der Waals surface area contributed by atoms with E-state index in [0.717, 1.165) is 0 Å². The zero-order valence-corrected chi connectivity index (χ0v) is 10.9. The molecule has 5 heteroatoms. The number of amides is 1. The molecule has 0 radical (unpaired) electrons. The van der Waals surface area contributed by atoms with Gasteiger partial charge >= 0.3 is 0 Å². The van der Waals surface area contributed by atoms with Crippen LogP contribution in [0.2, 0.25) is 0 Å². The van der Waals surface area contributed by atoms with Gasteiger partial charge in [-0.25, -0.2) is 0 Å². The Balaban J connectivity index is 2.36. The molecule has 1 aliphatic rings. The molecule has 0 unspecified atom stereocenters. The van der Waals surface area contributed by atoms with Crippen molar-refractivity contribution in [3.8, 4) is 11.5 Å². The van der Waals surface area contributed by atoms with Crippen molar-refractivity contribution in [2.75, 3.05) is 19.1 Å². The lowest BCUT2D eigenvalue weighted by Gasteiger charge is -2.25. The van der Waals surface area contributed by atoms with E-state index in [1.807, 2.05) is 20.8 Å². The Bertz CT molecular complexity index is 472. The van der Waals surface area contributed by atoms with E-state index in [-0.39, 0.29) is 18.7 Å². The Labute approximate surface area is 106 Å². The number of hydrogen-bond acceptors (Lipinski definition) is 4. The molecule has 2 N–H and O–H groups in total. The summed E-state index contributed by atoms with van der Waals surface area (Å²) in [5.41, 5.74) is 6.79. The first-order valence-electron chi connectivity index (χ1n) is 6.04. The van der Waals surface area contributed by atoms with E-state index in [4.69, 9.17) is 15.2 Å². The van der Waals surface area contributed by atoms with Crippen LogP contribution in [0.4, 0.5) is 5.69 Å². The Hall–Kier alpha value is -1.91. The monoisotopic (exact) mass is 250 g/mol. The summed E-state index contributed by atoms with van der Waals surface area (Å²) < 4.78 is 10.5. The summed E-state index contributed by atoms with van der Waals surface area (Å²) in [7, 11) is 0. The molecular formula is C13H18N2O3. The van der Waals surface area contributed by atoms with Crippen molar-refractivity contribution in [2.24, 2.45) is 0 Å². The summed E-state index contributed by atoms with van der Waals surface area (Å²) in [5.74, 6) is 1.09. The first kappa shape index (κ1) is 12.5. The quantitative estimate of drug-likeness (QED) is 0.832. The average molecular weight is 250 g/mol. The van der Waals surface area contributed by atoms with Gasteiger partial charge in [0.1, 0.15) is 0 Å². The fraction of sp³-hybridized carbons (Fsp3) is 0.462. The van der Waals surface area contributed by atoms with E-state index in [1.165, 1.54) is 0 Å². The van der Waals surface area contributed by atoms with Crippen LogP contribution in [0.3, 0.4) is 0 Å². The molecule has 0 spiro atoms. The molecule has 0 fully saturated rings. The number of hydrogen-bond donors (Lipinski definition) is 1. The summed E-state index contributed by atoms with van der Waals surface area (Å²) in [6, 6.07) is 3.43. The molecule has 1 heterocycles. The summed E-state index contributed by atoms with van der Waals surface area (Å²) >= 11 is 0. The molecule has 0 atom stereocenters. The summed E-state index contributed by atoms with van der Waals surface area (Å²) in [5, 5.41) is 0. The number of rotatable bonds is 3. The number of fused-ring (bicyclic) bond motifs is 1. The van der Waals surface area contributed by atoms with E-state index in [2.05, 4.69) is 0 Å². The predicted molar refractivity (Wildman–Crippen MR) is 68.8 cm³/mol. The van der Waals surface area contributed by atoms with Crippen molar-refractivity contribution < 1.29 is 14.3 Å². The van der Waals surface area contributed by atoms with Crippen molar-refractivity contribution in [1.29, 1.82) is 0 Å². The van der Waals surface area contributed by atoms with Crippen LogP contribution >= 0.6 is 0 Å². The molecule has 98 valence electrons. The number of nitrogens with zero attached hydrogens (tertiary/aromatic N) is 1. The van der Waals surface area contributed by atoms with Gasteiger partial charge in [-0.3, -0.25) is 4.79 Å². The summed E-state index contributed by atoms with van der Waals surface area (Å²) in [6.07, 6.45) is 0. The number of benzene rings is 1. The van der Waals surface area contributed by atoms with Crippen LogP contribution in [0.25, 0.3) is 0 Å². The highest BCUT2D eigenvalue weighted by atomic mass is 16.7. The van der Waals surface area contributed by atoms with E-state index in [0.29, 0.717) is 29.3 Å². The van der Waals surface area contributed by atoms with Crippen LogP contribution in [-0.2, 0) is 0 Å². The number of ether oxygens (including phenoxy) is 2. The zero-order valence-electron chi connectivity index (χ0n) is 10.9. The van der Waals surface area contributed by atoms with E-state index < -0.39 is 0 Å². The SMILES string of the molecule is CCN(C(=O)c1cc2c(cc1N)OCO2)C(C)C. The average Bonchev–Trinajstić information content (AvgIpc) is 2.75. The smallest absolute Gasteiger partial charge is 0.256 e. The van der Waals surface area contributed by atoms with Crippen molar-refractivity contribution in [3.05, 3.63) is 17.7 Å². The minimum atomic E-state index is -0.0803. The van der Waals surface area contributed by atoms with E-state index in [9.17, 15) is 4.79 Å². The van der Waals surface area contributed by atoms with Crippen molar-refractivity contribution in [2.45, 2.75) is 26.8 Å². The second-order valence-corrected chi connectivity index (χ2v) is 4.48. The Morgan fingerprint density at radius 1 is 1.39 bits per heavy atom. The van der Waals surface area contributed by atoms with Gasteiger partial charge in [-0.05, 0) is 26.8 Å². The van der Waals surface area contributed by atoms with Crippen LogP contribution in [0.15, 0.2) is 12.1 Å². The van der Waals surface area contributed by atoms with Crippen molar-refractivity contribution >= 4 is 11.6 Å². The summed E-state index contributed by atoms with van der Waals surface area (Å²) in [6.45, 7) is 6.72. The van der Waals surface area contributed by atoms with Gasteiger partial charge in [0.15, 0.2) is 11.5 Å². The summed E-state index contributed by atoms with van der Waals surface area (Å²) in [4.78, 5) is 14.1. The molecule has 0 bridgehead atoms. The van der Waals surface area contributed by atoms with Crippen LogP contribution in [0.5, 0.6) is 11.5 Å². The minimum Gasteiger partial charge on any atom is -0.454 e. The van der Waals surface area contributed by atoms with Crippen LogP contribution in [-0.4, -0.2) is 30.2 Å². The third-order valence-corrected chi connectivity index (χ3v) is 3.00. The molecule has 1 aromatic carbocycles. The van der Waals surface area contributed by atoms with Gasteiger partial charge < -0.3 is 20.1 Å². The van der Waals surface area contributed by atoms with Gasteiger partial charge in [-0.15, -0.1) is 0 Å². The molecule has 1 aliphatic heterocycles. The fourth-order valence-electron chi connectivity index (χ4n) is 2.04. The molecule has 1 amide bonds. The lowest BCUT2D eigenvalue weighted by Crippen LogP contribution is -2.37. The maximum absolute atomic E-state index is 12.4. The topological polar surface area (TPSA) is 64.8 Å². The Morgan fingerprint density at radius 2 is 2.00 bits per heavy atom. The second-order valence-electron chi connectivity index (χ2n) is 4.48. The number of carbonyl (C=O) groups excluding carboxylic acids is 1.